The molecule has 2 atom stereocenters. The number of hydrogen-bond donors (Lipinski definition) is 1. The number of aliphatic hydroxyl groups excluding tert-OH is 1. The lowest BCUT2D eigenvalue weighted by Gasteiger charge is -2.41. The summed E-state index contributed by atoms with van der Waals surface area (Å²) in [5.74, 6) is 0.316. The third-order valence-electron chi connectivity index (χ3n) is 4.20. The Balaban J connectivity index is 2.25. The minimum absolute atomic E-state index is 0.205. The molecule has 0 radical (unpaired) electrons. The van der Waals surface area contributed by atoms with Gasteiger partial charge in [-0.3, -0.25) is 0 Å². The molecule has 0 bridgehead atoms. The molecule has 1 N–H and O–H groups in total. The third kappa shape index (κ3) is 2.66. The van der Waals surface area contributed by atoms with E-state index in [0.717, 1.165) is 12.0 Å². The fourth-order valence-corrected chi connectivity index (χ4v) is 3.29. The van der Waals surface area contributed by atoms with E-state index in [9.17, 15) is 5.11 Å². The van der Waals surface area contributed by atoms with Gasteiger partial charge in [0.05, 0.1) is 6.10 Å². The average Bonchev–Trinajstić information content (AvgIpc) is 2.28. The second kappa shape index (κ2) is 4.99. The molecule has 2 heteroatoms. The Morgan fingerprint density at radius 1 is 1.29 bits per heavy atom. The highest BCUT2D eigenvalue weighted by molar-refractivity contribution is 6.31. The van der Waals surface area contributed by atoms with Crippen molar-refractivity contribution in [3.8, 4) is 0 Å². The topological polar surface area (TPSA) is 20.2 Å². The van der Waals surface area contributed by atoms with Crippen LogP contribution in [-0.2, 0) is 0 Å². The monoisotopic (exact) mass is 252 g/mol. The molecule has 2 unspecified atom stereocenters. The molecule has 17 heavy (non-hydrogen) atoms. The highest BCUT2D eigenvalue weighted by Gasteiger charge is 2.37. The van der Waals surface area contributed by atoms with E-state index in [0.29, 0.717) is 10.9 Å². The summed E-state index contributed by atoms with van der Waals surface area (Å²) in [6, 6.07) is 7.65. The van der Waals surface area contributed by atoms with Gasteiger partial charge >= 0.3 is 0 Å². The van der Waals surface area contributed by atoms with Crippen molar-refractivity contribution < 1.29 is 5.11 Å². The Kier molecular flexibility index (Phi) is 3.79. The Bertz CT molecular complexity index is 386. The fourth-order valence-electron chi connectivity index (χ4n) is 3.04. The van der Waals surface area contributed by atoms with Crippen LogP contribution in [0.3, 0.4) is 0 Å². The highest BCUT2D eigenvalue weighted by atomic mass is 35.5. The molecule has 94 valence electrons. The minimum Gasteiger partial charge on any atom is -0.388 e. The molecule has 0 aromatic heterocycles. The van der Waals surface area contributed by atoms with Gasteiger partial charge in [-0.2, -0.15) is 0 Å². The van der Waals surface area contributed by atoms with Crippen molar-refractivity contribution in [1.82, 2.24) is 0 Å². The van der Waals surface area contributed by atoms with E-state index in [2.05, 4.69) is 13.8 Å². The largest absolute Gasteiger partial charge is 0.388 e. The van der Waals surface area contributed by atoms with Gasteiger partial charge in [-0.1, -0.05) is 56.5 Å². The molecule has 0 aliphatic heterocycles. The van der Waals surface area contributed by atoms with Crippen LogP contribution in [0.2, 0.25) is 5.02 Å². The van der Waals surface area contributed by atoms with Crippen LogP contribution in [0.25, 0.3) is 0 Å². The van der Waals surface area contributed by atoms with Crippen LogP contribution in [0.4, 0.5) is 0 Å². The Morgan fingerprint density at radius 3 is 2.65 bits per heavy atom. The molecule has 2 rings (SSSR count). The molecule has 1 nitrogen and oxygen atoms in total. The number of rotatable bonds is 2. The summed E-state index contributed by atoms with van der Waals surface area (Å²) in [5, 5.41) is 11.3. The van der Waals surface area contributed by atoms with E-state index >= 15 is 0 Å². The first-order valence-electron chi connectivity index (χ1n) is 6.45. The minimum atomic E-state index is -0.431. The maximum Gasteiger partial charge on any atom is 0.0837 e. The molecule has 0 spiro atoms. The van der Waals surface area contributed by atoms with Gasteiger partial charge in [0.1, 0.15) is 0 Å². The van der Waals surface area contributed by atoms with Gasteiger partial charge in [0, 0.05) is 5.02 Å². The molecule has 1 aliphatic rings. The van der Waals surface area contributed by atoms with Crippen molar-refractivity contribution >= 4 is 11.6 Å². The maximum atomic E-state index is 10.6. The van der Waals surface area contributed by atoms with Crippen molar-refractivity contribution in [2.24, 2.45) is 11.3 Å². The lowest BCUT2D eigenvalue weighted by Crippen LogP contribution is -2.32. The molecular formula is C15H21ClO. The van der Waals surface area contributed by atoms with E-state index in [1.165, 1.54) is 19.3 Å². The first kappa shape index (κ1) is 12.9. The maximum absolute atomic E-state index is 10.6. The van der Waals surface area contributed by atoms with Crippen molar-refractivity contribution in [2.45, 2.75) is 45.6 Å². The van der Waals surface area contributed by atoms with Crippen LogP contribution in [-0.4, -0.2) is 5.11 Å². The predicted octanol–water partition coefficient (Wildman–Crippen LogP) is 4.59. The summed E-state index contributed by atoms with van der Waals surface area (Å²) in [4.78, 5) is 0. The molecule has 1 saturated carbocycles. The van der Waals surface area contributed by atoms with Crippen LogP contribution < -0.4 is 0 Å². The SMILES string of the molecule is CC1(C)CCCCC1C(O)c1ccccc1Cl. The molecule has 1 aromatic carbocycles. The summed E-state index contributed by atoms with van der Waals surface area (Å²) in [6.07, 6.45) is 4.35. The van der Waals surface area contributed by atoms with Crippen LogP contribution in [0.15, 0.2) is 24.3 Å². The molecule has 1 fully saturated rings. The van der Waals surface area contributed by atoms with Crippen molar-refractivity contribution in [3.63, 3.8) is 0 Å². The summed E-state index contributed by atoms with van der Waals surface area (Å²) < 4.78 is 0. The zero-order chi connectivity index (χ0) is 12.5. The molecule has 0 saturated heterocycles. The van der Waals surface area contributed by atoms with Crippen molar-refractivity contribution in [3.05, 3.63) is 34.9 Å². The quantitative estimate of drug-likeness (QED) is 0.816. The van der Waals surface area contributed by atoms with Gasteiger partial charge in [-0.05, 0) is 35.8 Å². The van der Waals surface area contributed by atoms with E-state index in [1.807, 2.05) is 24.3 Å². The van der Waals surface area contributed by atoms with Gasteiger partial charge in [-0.15, -0.1) is 0 Å². The van der Waals surface area contributed by atoms with Gasteiger partial charge in [0.15, 0.2) is 0 Å². The molecule has 0 amide bonds. The van der Waals surface area contributed by atoms with E-state index < -0.39 is 6.10 Å². The first-order chi connectivity index (χ1) is 8.02. The second-order valence-corrected chi connectivity index (χ2v) is 6.21. The summed E-state index contributed by atoms with van der Waals surface area (Å²) in [7, 11) is 0. The van der Waals surface area contributed by atoms with Crippen LogP contribution in [0.1, 0.15) is 51.2 Å². The lowest BCUT2D eigenvalue weighted by atomic mass is 9.65. The Hall–Kier alpha value is -0.530. The van der Waals surface area contributed by atoms with Crippen molar-refractivity contribution in [1.29, 1.82) is 0 Å². The zero-order valence-corrected chi connectivity index (χ0v) is 11.4. The predicted molar refractivity (Wildman–Crippen MR) is 72.2 cm³/mol. The smallest absolute Gasteiger partial charge is 0.0837 e. The highest BCUT2D eigenvalue weighted by Crippen LogP contribution is 2.47. The van der Waals surface area contributed by atoms with Crippen LogP contribution >= 0.6 is 11.6 Å². The van der Waals surface area contributed by atoms with Gasteiger partial charge in [0.2, 0.25) is 0 Å². The molecular weight excluding hydrogens is 232 g/mol. The standard InChI is InChI=1S/C15H21ClO/c1-15(2)10-6-5-8-12(15)14(17)11-7-3-4-9-13(11)16/h3-4,7,9,12,14,17H,5-6,8,10H2,1-2H3. The van der Waals surface area contributed by atoms with Crippen LogP contribution in [0.5, 0.6) is 0 Å². The molecule has 0 heterocycles. The van der Waals surface area contributed by atoms with E-state index in [1.54, 1.807) is 0 Å². The Labute approximate surface area is 109 Å². The summed E-state index contributed by atoms with van der Waals surface area (Å²) >= 11 is 6.17. The number of benzene rings is 1. The first-order valence-corrected chi connectivity index (χ1v) is 6.82. The number of aliphatic hydroxyl groups is 1. The fraction of sp³-hybridized carbons (Fsp3) is 0.600. The van der Waals surface area contributed by atoms with Crippen molar-refractivity contribution in [2.75, 3.05) is 0 Å². The number of halogens is 1. The third-order valence-corrected chi connectivity index (χ3v) is 4.54. The number of hydrogen-bond acceptors (Lipinski definition) is 1. The lowest BCUT2D eigenvalue weighted by molar-refractivity contribution is 0.00392. The zero-order valence-electron chi connectivity index (χ0n) is 10.6. The molecule has 1 aliphatic carbocycles. The second-order valence-electron chi connectivity index (χ2n) is 5.81. The normalized spacial score (nSPS) is 25.5. The van der Waals surface area contributed by atoms with E-state index in [4.69, 9.17) is 11.6 Å². The Morgan fingerprint density at radius 2 is 2.00 bits per heavy atom. The van der Waals surface area contributed by atoms with Crippen LogP contribution in [0, 0.1) is 11.3 Å². The summed E-state index contributed by atoms with van der Waals surface area (Å²) in [6.45, 7) is 4.52. The van der Waals surface area contributed by atoms with Gasteiger partial charge < -0.3 is 5.11 Å². The van der Waals surface area contributed by atoms with Gasteiger partial charge in [0.25, 0.3) is 0 Å². The molecule has 1 aromatic rings. The summed E-state index contributed by atoms with van der Waals surface area (Å²) in [5.41, 5.74) is 1.09. The average molecular weight is 253 g/mol. The van der Waals surface area contributed by atoms with E-state index in [-0.39, 0.29) is 5.41 Å². The van der Waals surface area contributed by atoms with Gasteiger partial charge in [-0.25, -0.2) is 0 Å².